The van der Waals surface area contributed by atoms with Crippen molar-refractivity contribution in [3.8, 4) is 5.75 Å². The summed E-state index contributed by atoms with van der Waals surface area (Å²) in [4.78, 5) is 26.3. The predicted molar refractivity (Wildman–Crippen MR) is 95.9 cm³/mol. The van der Waals surface area contributed by atoms with Crippen molar-refractivity contribution in [3.63, 3.8) is 0 Å². The SMILES string of the molecule is CCCCCCCCN1C(=O)C(Cl)=C(c2ccccc2OC)C1=O. The van der Waals surface area contributed by atoms with E-state index in [2.05, 4.69) is 6.92 Å². The maximum Gasteiger partial charge on any atom is 0.273 e. The molecule has 1 aliphatic heterocycles. The zero-order chi connectivity index (χ0) is 17.5. The number of amides is 2. The van der Waals surface area contributed by atoms with Crippen LogP contribution in [0.3, 0.4) is 0 Å². The van der Waals surface area contributed by atoms with Gasteiger partial charge in [-0.15, -0.1) is 0 Å². The Balaban J connectivity index is 2.05. The highest BCUT2D eigenvalue weighted by Gasteiger charge is 2.38. The molecule has 2 rings (SSSR count). The number of ether oxygens (including phenoxy) is 1. The summed E-state index contributed by atoms with van der Waals surface area (Å²) in [7, 11) is 1.53. The lowest BCUT2D eigenvalue weighted by Gasteiger charge is -2.15. The Labute approximate surface area is 148 Å². The number of carbonyl (C=O) groups is 2. The van der Waals surface area contributed by atoms with Crippen LogP contribution in [0.1, 0.15) is 51.0 Å². The third-order valence-electron chi connectivity index (χ3n) is 4.22. The second-order valence-electron chi connectivity index (χ2n) is 5.92. The van der Waals surface area contributed by atoms with E-state index < -0.39 is 5.91 Å². The number of hydrogen-bond acceptors (Lipinski definition) is 3. The van der Waals surface area contributed by atoms with Crippen LogP contribution in [-0.4, -0.2) is 30.4 Å². The van der Waals surface area contributed by atoms with Gasteiger partial charge in [0.15, 0.2) is 0 Å². The maximum atomic E-state index is 12.7. The van der Waals surface area contributed by atoms with Crippen molar-refractivity contribution < 1.29 is 14.3 Å². The van der Waals surface area contributed by atoms with Crippen LogP contribution in [0.15, 0.2) is 29.3 Å². The molecule has 0 aromatic heterocycles. The highest BCUT2D eigenvalue weighted by atomic mass is 35.5. The van der Waals surface area contributed by atoms with Crippen LogP contribution in [-0.2, 0) is 9.59 Å². The number of unbranched alkanes of at least 4 members (excludes halogenated alkanes) is 5. The summed E-state index contributed by atoms with van der Waals surface area (Å²) in [6, 6.07) is 7.10. The Morgan fingerprint density at radius 1 is 1.00 bits per heavy atom. The van der Waals surface area contributed by atoms with Gasteiger partial charge in [0.1, 0.15) is 10.8 Å². The van der Waals surface area contributed by atoms with Gasteiger partial charge in [-0.1, -0.05) is 68.8 Å². The molecule has 1 aromatic carbocycles. The third kappa shape index (κ3) is 3.99. The van der Waals surface area contributed by atoms with Crippen molar-refractivity contribution in [3.05, 3.63) is 34.9 Å². The summed E-state index contributed by atoms with van der Waals surface area (Å²) in [5.74, 6) is -0.201. The number of nitrogens with zero attached hydrogens (tertiary/aromatic N) is 1. The number of carbonyl (C=O) groups excluding carboxylic acids is 2. The fourth-order valence-electron chi connectivity index (χ4n) is 2.88. The lowest BCUT2D eigenvalue weighted by atomic mass is 10.0. The first-order chi connectivity index (χ1) is 11.6. The number of benzene rings is 1. The number of hydrogen-bond donors (Lipinski definition) is 0. The van der Waals surface area contributed by atoms with Gasteiger partial charge in [0.25, 0.3) is 11.8 Å². The molecule has 0 saturated heterocycles. The molecule has 24 heavy (non-hydrogen) atoms. The smallest absolute Gasteiger partial charge is 0.273 e. The minimum Gasteiger partial charge on any atom is -0.496 e. The Morgan fingerprint density at radius 3 is 2.38 bits per heavy atom. The van der Waals surface area contributed by atoms with Gasteiger partial charge < -0.3 is 4.74 Å². The van der Waals surface area contributed by atoms with Gasteiger partial charge in [0.05, 0.1) is 12.7 Å². The zero-order valence-electron chi connectivity index (χ0n) is 14.3. The van der Waals surface area contributed by atoms with Gasteiger partial charge in [-0.2, -0.15) is 0 Å². The maximum absolute atomic E-state index is 12.7. The Morgan fingerprint density at radius 2 is 1.67 bits per heavy atom. The number of para-hydroxylation sites is 1. The van der Waals surface area contributed by atoms with Crippen LogP contribution >= 0.6 is 11.6 Å². The van der Waals surface area contributed by atoms with Gasteiger partial charge in [-0.05, 0) is 12.5 Å². The van der Waals surface area contributed by atoms with Gasteiger partial charge in [0.2, 0.25) is 0 Å². The van der Waals surface area contributed by atoms with E-state index in [-0.39, 0.29) is 16.5 Å². The number of methoxy groups -OCH3 is 1. The summed E-state index contributed by atoms with van der Waals surface area (Å²) in [6.07, 6.45) is 6.58. The predicted octanol–water partition coefficient (Wildman–Crippen LogP) is 4.37. The highest BCUT2D eigenvalue weighted by molar-refractivity contribution is 6.55. The molecule has 1 aromatic rings. The number of halogens is 1. The Hall–Kier alpha value is -1.81. The second-order valence-corrected chi connectivity index (χ2v) is 6.30. The van der Waals surface area contributed by atoms with Gasteiger partial charge in [-0.3, -0.25) is 14.5 Å². The molecule has 0 N–H and O–H groups in total. The summed E-state index contributed by atoms with van der Waals surface area (Å²) >= 11 is 6.18. The first-order valence-corrected chi connectivity index (χ1v) is 8.89. The molecule has 0 fully saturated rings. The highest BCUT2D eigenvalue weighted by Crippen LogP contribution is 2.36. The van der Waals surface area contributed by atoms with Crippen LogP contribution in [0.2, 0.25) is 0 Å². The molecule has 0 saturated carbocycles. The summed E-state index contributed by atoms with van der Waals surface area (Å²) in [5.41, 5.74) is 0.805. The molecule has 0 radical (unpaired) electrons. The summed E-state index contributed by atoms with van der Waals surface area (Å²) in [6.45, 7) is 2.59. The average Bonchev–Trinajstić information content (AvgIpc) is 2.81. The minimum absolute atomic E-state index is 0.0181. The Bertz CT molecular complexity index is 639. The zero-order valence-corrected chi connectivity index (χ0v) is 15.1. The fraction of sp³-hybridized carbons (Fsp3) is 0.474. The molecule has 5 heteroatoms. The molecule has 2 amide bonds. The summed E-state index contributed by atoms with van der Waals surface area (Å²) < 4.78 is 5.29. The molecule has 0 spiro atoms. The van der Waals surface area contributed by atoms with Crippen LogP contribution in [0.4, 0.5) is 0 Å². The molecule has 0 aliphatic carbocycles. The lowest BCUT2D eigenvalue weighted by molar-refractivity contribution is -0.136. The summed E-state index contributed by atoms with van der Waals surface area (Å²) in [5, 5.41) is -0.0181. The quantitative estimate of drug-likeness (QED) is 0.491. The van der Waals surface area contributed by atoms with Crippen molar-refractivity contribution in [2.75, 3.05) is 13.7 Å². The van der Waals surface area contributed by atoms with Crippen molar-refractivity contribution in [1.82, 2.24) is 4.90 Å². The van der Waals surface area contributed by atoms with Crippen molar-refractivity contribution in [1.29, 1.82) is 0 Å². The first kappa shape index (κ1) is 18.5. The van der Waals surface area contributed by atoms with E-state index in [4.69, 9.17) is 16.3 Å². The van der Waals surface area contributed by atoms with Gasteiger partial charge >= 0.3 is 0 Å². The lowest BCUT2D eigenvalue weighted by Crippen LogP contribution is -2.32. The van der Waals surface area contributed by atoms with E-state index in [9.17, 15) is 9.59 Å². The first-order valence-electron chi connectivity index (χ1n) is 8.51. The molecule has 1 heterocycles. The standard InChI is InChI=1S/C19H24ClNO3/c1-3-4-5-6-7-10-13-21-18(22)16(17(20)19(21)23)14-11-8-9-12-15(14)24-2/h8-9,11-12H,3-7,10,13H2,1-2H3. The van der Waals surface area contributed by atoms with Gasteiger partial charge in [-0.25, -0.2) is 0 Å². The van der Waals surface area contributed by atoms with E-state index in [1.807, 2.05) is 6.07 Å². The molecular formula is C19H24ClNO3. The number of imide groups is 1. The number of rotatable bonds is 9. The monoisotopic (exact) mass is 349 g/mol. The average molecular weight is 350 g/mol. The van der Waals surface area contributed by atoms with Gasteiger partial charge in [0, 0.05) is 12.1 Å². The van der Waals surface area contributed by atoms with Crippen molar-refractivity contribution >= 4 is 29.0 Å². The molecule has 130 valence electrons. The fourth-order valence-corrected chi connectivity index (χ4v) is 3.17. The molecule has 0 unspecified atom stereocenters. The van der Waals surface area contributed by atoms with Crippen molar-refractivity contribution in [2.24, 2.45) is 0 Å². The van der Waals surface area contributed by atoms with Crippen molar-refractivity contribution in [2.45, 2.75) is 45.4 Å². The minimum atomic E-state index is -0.406. The Kier molecular flexibility index (Phi) is 6.85. The van der Waals surface area contributed by atoms with E-state index in [0.717, 1.165) is 19.3 Å². The molecule has 0 bridgehead atoms. The van der Waals surface area contributed by atoms with Crippen LogP contribution < -0.4 is 4.74 Å². The van der Waals surface area contributed by atoms with Crippen LogP contribution in [0, 0.1) is 0 Å². The molecule has 4 nitrogen and oxygen atoms in total. The molecule has 0 atom stereocenters. The normalized spacial score (nSPS) is 14.7. The largest absolute Gasteiger partial charge is 0.496 e. The molecular weight excluding hydrogens is 326 g/mol. The van der Waals surface area contributed by atoms with E-state index in [0.29, 0.717) is 17.9 Å². The van der Waals surface area contributed by atoms with E-state index >= 15 is 0 Å². The molecule has 1 aliphatic rings. The van der Waals surface area contributed by atoms with E-state index in [1.54, 1.807) is 18.2 Å². The third-order valence-corrected chi connectivity index (χ3v) is 4.57. The van der Waals surface area contributed by atoms with E-state index in [1.165, 1.54) is 31.3 Å². The topological polar surface area (TPSA) is 46.6 Å². The second kappa shape index (κ2) is 8.88. The van der Waals surface area contributed by atoms with Crippen LogP contribution in [0.5, 0.6) is 5.75 Å². The van der Waals surface area contributed by atoms with Crippen LogP contribution in [0.25, 0.3) is 5.57 Å².